The van der Waals surface area contributed by atoms with Gasteiger partial charge in [0.25, 0.3) is 0 Å². The first-order chi connectivity index (χ1) is 10.0. The van der Waals surface area contributed by atoms with Gasteiger partial charge >= 0.3 is 12.0 Å². The number of nitrogens with one attached hydrogen (secondary N) is 2. The van der Waals surface area contributed by atoms with Crippen LogP contribution >= 0.6 is 0 Å². The Morgan fingerprint density at radius 1 is 1.24 bits per heavy atom. The number of piperidine rings is 1. The second kappa shape index (κ2) is 7.64. The molecule has 0 bridgehead atoms. The summed E-state index contributed by atoms with van der Waals surface area (Å²) in [4.78, 5) is 25.2. The van der Waals surface area contributed by atoms with E-state index in [0.29, 0.717) is 12.8 Å². The molecule has 21 heavy (non-hydrogen) atoms. The molecule has 3 N–H and O–H groups in total. The summed E-state index contributed by atoms with van der Waals surface area (Å²) in [6.07, 6.45) is 5.76. The standard InChI is InChI=1S/C15H27N3O3/c1-11(10-18-7-3-2-4-8-18)16-15(21)17-13-6-5-12(9-13)14(19)20/h11-13H,2-10H2,1H3,(H,19,20)(H2,16,17,21). The van der Waals surface area contributed by atoms with E-state index < -0.39 is 5.97 Å². The number of hydrogen-bond acceptors (Lipinski definition) is 3. The van der Waals surface area contributed by atoms with Crippen molar-refractivity contribution in [2.24, 2.45) is 5.92 Å². The SMILES string of the molecule is CC(CN1CCCCC1)NC(=O)NC1CCC(C(=O)O)C1. The van der Waals surface area contributed by atoms with Gasteiger partial charge in [0.1, 0.15) is 0 Å². The molecule has 120 valence electrons. The molecular weight excluding hydrogens is 270 g/mol. The van der Waals surface area contributed by atoms with Crippen molar-refractivity contribution in [2.75, 3.05) is 19.6 Å². The summed E-state index contributed by atoms with van der Waals surface area (Å²) in [5.74, 6) is -1.06. The Morgan fingerprint density at radius 2 is 1.95 bits per heavy atom. The Kier molecular flexibility index (Phi) is 5.85. The molecule has 2 amide bonds. The average molecular weight is 297 g/mol. The molecule has 2 fully saturated rings. The fourth-order valence-electron chi connectivity index (χ4n) is 3.36. The third-order valence-corrected chi connectivity index (χ3v) is 4.48. The third kappa shape index (κ3) is 5.19. The quantitative estimate of drug-likeness (QED) is 0.716. The first-order valence-corrected chi connectivity index (χ1v) is 8.07. The predicted molar refractivity (Wildman–Crippen MR) is 80.2 cm³/mol. The molecule has 3 atom stereocenters. The van der Waals surface area contributed by atoms with E-state index in [0.717, 1.165) is 26.1 Å². The minimum absolute atomic E-state index is 0.00622. The van der Waals surface area contributed by atoms with Crippen LogP contribution in [-0.4, -0.2) is 53.7 Å². The molecule has 0 aromatic carbocycles. The number of rotatable bonds is 5. The van der Waals surface area contributed by atoms with Crippen LogP contribution in [0.1, 0.15) is 45.4 Å². The molecule has 0 spiro atoms. The monoisotopic (exact) mass is 297 g/mol. The lowest BCUT2D eigenvalue weighted by atomic mass is 10.1. The van der Waals surface area contributed by atoms with Gasteiger partial charge in [0.2, 0.25) is 0 Å². The summed E-state index contributed by atoms with van der Waals surface area (Å²) in [7, 11) is 0. The van der Waals surface area contributed by atoms with Crippen molar-refractivity contribution in [3.63, 3.8) is 0 Å². The second-order valence-electron chi connectivity index (χ2n) is 6.43. The molecule has 0 aromatic heterocycles. The number of carboxylic acids is 1. The number of carboxylic acid groups (broad SMARTS) is 1. The van der Waals surface area contributed by atoms with Gasteiger partial charge in [0.15, 0.2) is 0 Å². The van der Waals surface area contributed by atoms with E-state index in [4.69, 9.17) is 5.11 Å². The zero-order valence-electron chi connectivity index (χ0n) is 12.8. The normalized spacial score (nSPS) is 28.0. The van der Waals surface area contributed by atoms with Gasteiger partial charge in [-0.15, -0.1) is 0 Å². The first kappa shape index (κ1) is 16.1. The number of carbonyl (C=O) groups excluding carboxylic acids is 1. The fraction of sp³-hybridized carbons (Fsp3) is 0.867. The van der Waals surface area contributed by atoms with E-state index in [1.807, 2.05) is 6.92 Å². The van der Waals surface area contributed by atoms with Crippen LogP contribution < -0.4 is 10.6 Å². The number of carbonyl (C=O) groups is 2. The highest BCUT2D eigenvalue weighted by atomic mass is 16.4. The molecule has 6 nitrogen and oxygen atoms in total. The molecule has 0 radical (unpaired) electrons. The molecule has 1 saturated carbocycles. The van der Waals surface area contributed by atoms with Crippen molar-refractivity contribution in [1.82, 2.24) is 15.5 Å². The van der Waals surface area contributed by atoms with Crippen LogP contribution in [0.25, 0.3) is 0 Å². The Bertz CT molecular complexity index is 369. The van der Waals surface area contributed by atoms with Crippen LogP contribution in [0.15, 0.2) is 0 Å². The van der Waals surface area contributed by atoms with Gasteiger partial charge in [-0.25, -0.2) is 4.79 Å². The van der Waals surface area contributed by atoms with Crippen LogP contribution in [0.4, 0.5) is 4.79 Å². The number of likely N-dealkylation sites (tertiary alicyclic amines) is 1. The number of amides is 2. The highest BCUT2D eigenvalue weighted by molar-refractivity contribution is 5.75. The average Bonchev–Trinajstić information content (AvgIpc) is 2.88. The van der Waals surface area contributed by atoms with Crippen LogP contribution in [0.2, 0.25) is 0 Å². The van der Waals surface area contributed by atoms with Crippen LogP contribution in [-0.2, 0) is 4.79 Å². The molecule has 1 aliphatic carbocycles. The Labute approximate surface area is 126 Å². The summed E-state index contributed by atoms with van der Waals surface area (Å²) in [5, 5.41) is 14.8. The molecule has 3 unspecified atom stereocenters. The zero-order chi connectivity index (χ0) is 15.2. The lowest BCUT2D eigenvalue weighted by Gasteiger charge is -2.29. The maximum absolute atomic E-state index is 11.9. The molecule has 2 rings (SSSR count). The van der Waals surface area contributed by atoms with Crippen molar-refractivity contribution < 1.29 is 14.7 Å². The van der Waals surface area contributed by atoms with E-state index in [9.17, 15) is 9.59 Å². The van der Waals surface area contributed by atoms with Crippen molar-refractivity contribution in [2.45, 2.75) is 57.5 Å². The smallest absolute Gasteiger partial charge is 0.315 e. The van der Waals surface area contributed by atoms with Crippen LogP contribution in [0.5, 0.6) is 0 Å². The highest BCUT2D eigenvalue weighted by Crippen LogP contribution is 2.25. The van der Waals surface area contributed by atoms with Gasteiger partial charge in [-0.2, -0.15) is 0 Å². The molecule has 1 aliphatic heterocycles. The van der Waals surface area contributed by atoms with Gasteiger partial charge in [-0.3, -0.25) is 4.79 Å². The summed E-state index contributed by atoms with van der Waals surface area (Å²) in [5.41, 5.74) is 0. The maximum Gasteiger partial charge on any atom is 0.315 e. The fourth-order valence-corrected chi connectivity index (χ4v) is 3.36. The Morgan fingerprint density at radius 3 is 2.57 bits per heavy atom. The van der Waals surface area contributed by atoms with Crippen molar-refractivity contribution in [1.29, 1.82) is 0 Å². The van der Waals surface area contributed by atoms with Crippen LogP contribution in [0, 0.1) is 5.92 Å². The number of urea groups is 1. The van der Waals surface area contributed by atoms with E-state index in [-0.39, 0.29) is 24.0 Å². The molecule has 6 heteroatoms. The zero-order valence-corrected chi connectivity index (χ0v) is 12.8. The molecule has 2 aliphatic rings. The van der Waals surface area contributed by atoms with E-state index in [1.165, 1.54) is 19.3 Å². The van der Waals surface area contributed by atoms with Crippen molar-refractivity contribution >= 4 is 12.0 Å². The van der Waals surface area contributed by atoms with Crippen LogP contribution in [0.3, 0.4) is 0 Å². The maximum atomic E-state index is 11.9. The molecular formula is C15H27N3O3. The molecule has 1 heterocycles. The summed E-state index contributed by atoms with van der Waals surface area (Å²) >= 11 is 0. The largest absolute Gasteiger partial charge is 0.481 e. The summed E-state index contributed by atoms with van der Waals surface area (Å²) in [6.45, 7) is 5.14. The summed E-state index contributed by atoms with van der Waals surface area (Å²) < 4.78 is 0. The Hall–Kier alpha value is -1.30. The van der Waals surface area contributed by atoms with E-state index in [2.05, 4.69) is 15.5 Å². The topological polar surface area (TPSA) is 81.7 Å². The first-order valence-electron chi connectivity index (χ1n) is 8.07. The van der Waals surface area contributed by atoms with E-state index >= 15 is 0 Å². The minimum Gasteiger partial charge on any atom is -0.481 e. The number of nitrogens with zero attached hydrogens (tertiary/aromatic N) is 1. The number of hydrogen-bond donors (Lipinski definition) is 3. The molecule has 0 aromatic rings. The van der Waals surface area contributed by atoms with Gasteiger partial charge in [0.05, 0.1) is 5.92 Å². The number of aliphatic carboxylic acids is 1. The summed E-state index contributed by atoms with van der Waals surface area (Å²) in [6, 6.07) is -0.0661. The Balaban J connectivity index is 1.65. The van der Waals surface area contributed by atoms with Gasteiger partial charge in [-0.05, 0) is 52.1 Å². The molecule has 1 saturated heterocycles. The third-order valence-electron chi connectivity index (χ3n) is 4.48. The van der Waals surface area contributed by atoms with Gasteiger partial charge in [0, 0.05) is 18.6 Å². The lowest BCUT2D eigenvalue weighted by Crippen LogP contribution is -2.49. The van der Waals surface area contributed by atoms with Gasteiger partial charge in [-0.1, -0.05) is 6.42 Å². The van der Waals surface area contributed by atoms with Crippen molar-refractivity contribution in [3.05, 3.63) is 0 Å². The lowest BCUT2D eigenvalue weighted by molar-refractivity contribution is -0.141. The predicted octanol–water partition coefficient (Wildman–Crippen LogP) is 1.41. The minimum atomic E-state index is -0.752. The van der Waals surface area contributed by atoms with Gasteiger partial charge < -0.3 is 20.6 Å². The van der Waals surface area contributed by atoms with Crippen molar-refractivity contribution in [3.8, 4) is 0 Å². The highest BCUT2D eigenvalue weighted by Gasteiger charge is 2.30. The second-order valence-corrected chi connectivity index (χ2v) is 6.43. The van der Waals surface area contributed by atoms with E-state index in [1.54, 1.807) is 0 Å².